The summed E-state index contributed by atoms with van der Waals surface area (Å²) in [5, 5.41) is 9.04. The minimum Gasteiger partial charge on any atom is -0.452 e. The highest BCUT2D eigenvalue weighted by Crippen LogP contribution is 2.35. The van der Waals surface area contributed by atoms with E-state index in [2.05, 4.69) is 24.6 Å². The molecule has 0 atom stereocenters. The number of aryl methyl sites for hydroxylation is 1. The highest BCUT2D eigenvalue weighted by Gasteiger charge is 2.28. The summed E-state index contributed by atoms with van der Waals surface area (Å²) in [5.74, 6) is 3.24. The summed E-state index contributed by atoms with van der Waals surface area (Å²) in [7, 11) is -1.99. The molecule has 3 aromatic heterocycles. The minimum absolute atomic E-state index is 0. The largest absolute Gasteiger partial charge is 0.452 e. The third-order valence-corrected chi connectivity index (χ3v) is 8.07. The molecule has 1 saturated heterocycles. The van der Waals surface area contributed by atoms with Crippen LogP contribution < -0.4 is 15.2 Å². The zero-order valence-corrected chi connectivity index (χ0v) is 23.1. The average molecular weight is 574 g/mol. The second kappa shape index (κ2) is 12.9. The lowest BCUT2D eigenvalue weighted by atomic mass is 9.98. The number of aromatic nitrogens is 4. The van der Waals surface area contributed by atoms with Crippen molar-refractivity contribution in [2.75, 3.05) is 37.9 Å². The molecule has 0 amide bonds. The van der Waals surface area contributed by atoms with Crippen LogP contribution in [0.25, 0.3) is 0 Å². The maximum Gasteiger partial charge on any atom is 0.276 e. The fourth-order valence-electron chi connectivity index (χ4n) is 3.54. The smallest absolute Gasteiger partial charge is 0.276 e. The normalized spacial score (nSPS) is 14.9. The Hall–Kier alpha value is -2.07. The second-order valence-corrected chi connectivity index (χ2v) is 11.3. The molecule has 0 radical (unpaired) electrons. The standard InChI is InChI=1S/C21H27N7O4S3.ClH/c1-14-17(4-3-7-23-14)32-18-12-16(33-11-10-31-2)13-24-20(18)26-21-25-19(27-34-21)15-5-8-28(9-6-15)35(22,29)30;/h3-4,7,12-13,15H,5-6,8-11H2,1-2H3,(H2,22,29,30)(H,24,25,26,27);1H. The van der Waals surface area contributed by atoms with Crippen molar-refractivity contribution in [1.29, 1.82) is 0 Å². The van der Waals surface area contributed by atoms with Gasteiger partial charge in [-0.25, -0.2) is 15.1 Å². The third kappa shape index (κ3) is 7.47. The van der Waals surface area contributed by atoms with E-state index < -0.39 is 10.2 Å². The van der Waals surface area contributed by atoms with Crippen LogP contribution in [0.3, 0.4) is 0 Å². The van der Waals surface area contributed by atoms with E-state index in [9.17, 15) is 8.42 Å². The molecule has 0 bridgehead atoms. The zero-order chi connectivity index (χ0) is 24.8. The van der Waals surface area contributed by atoms with Crippen LogP contribution in [0.5, 0.6) is 11.5 Å². The molecular formula is C21H28ClN7O4S3. The molecule has 4 rings (SSSR count). The number of methoxy groups -OCH3 is 1. The predicted molar refractivity (Wildman–Crippen MR) is 143 cm³/mol. The first kappa shape index (κ1) is 28.5. The number of hydrogen-bond acceptors (Lipinski definition) is 11. The number of hydrogen-bond donors (Lipinski definition) is 2. The van der Waals surface area contributed by atoms with Gasteiger partial charge in [0.15, 0.2) is 11.6 Å². The predicted octanol–water partition coefficient (Wildman–Crippen LogP) is 3.72. The maximum absolute atomic E-state index is 11.6. The Morgan fingerprint density at radius 1 is 1.28 bits per heavy atom. The second-order valence-electron chi connectivity index (χ2n) is 7.85. The van der Waals surface area contributed by atoms with Crippen molar-refractivity contribution in [3.05, 3.63) is 42.1 Å². The van der Waals surface area contributed by atoms with Crippen LogP contribution in [0.1, 0.15) is 30.3 Å². The number of thioether (sulfide) groups is 1. The van der Waals surface area contributed by atoms with E-state index in [0.717, 1.165) is 16.3 Å². The SMILES string of the molecule is COCCSc1cnc(Nc2nc(C3CCN(S(N)(=O)=O)CC3)ns2)c(Oc2cccnc2C)c1.Cl. The fraction of sp³-hybridized carbons (Fsp3) is 0.429. The minimum atomic E-state index is -3.66. The van der Waals surface area contributed by atoms with Gasteiger partial charge in [0.05, 0.1) is 12.3 Å². The first-order valence-electron chi connectivity index (χ1n) is 10.9. The van der Waals surface area contributed by atoms with Gasteiger partial charge in [0, 0.05) is 60.7 Å². The lowest BCUT2D eigenvalue weighted by molar-refractivity contribution is 0.218. The van der Waals surface area contributed by atoms with E-state index in [1.165, 1.54) is 15.8 Å². The van der Waals surface area contributed by atoms with Gasteiger partial charge in [0.25, 0.3) is 10.2 Å². The van der Waals surface area contributed by atoms with Crippen LogP contribution >= 0.6 is 35.7 Å². The number of piperidine rings is 1. The summed E-state index contributed by atoms with van der Waals surface area (Å²) < 4.78 is 40.2. The van der Waals surface area contributed by atoms with E-state index in [1.54, 1.807) is 31.3 Å². The lowest BCUT2D eigenvalue weighted by Gasteiger charge is -2.28. The topological polar surface area (TPSA) is 145 Å². The molecule has 15 heteroatoms. The van der Waals surface area contributed by atoms with E-state index >= 15 is 0 Å². The molecule has 0 unspecified atom stereocenters. The van der Waals surface area contributed by atoms with Gasteiger partial charge in [-0.3, -0.25) is 4.98 Å². The summed E-state index contributed by atoms with van der Waals surface area (Å²) >= 11 is 2.85. The van der Waals surface area contributed by atoms with E-state index in [4.69, 9.17) is 14.6 Å². The Kier molecular flexibility index (Phi) is 10.2. The highest BCUT2D eigenvalue weighted by atomic mass is 35.5. The molecule has 0 spiro atoms. The molecule has 3 aromatic rings. The van der Waals surface area contributed by atoms with Crippen molar-refractivity contribution in [3.8, 4) is 11.5 Å². The molecule has 196 valence electrons. The Balaban J connectivity index is 0.00000361. The summed E-state index contributed by atoms with van der Waals surface area (Å²) in [4.78, 5) is 14.4. The van der Waals surface area contributed by atoms with Gasteiger partial charge in [0.1, 0.15) is 11.6 Å². The molecule has 11 nitrogen and oxygen atoms in total. The quantitative estimate of drug-likeness (QED) is 0.272. The number of nitrogens with one attached hydrogen (secondary N) is 1. The number of pyridine rings is 2. The molecule has 0 aromatic carbocycles. The van der Waals surface area contributed by atoms with Crippen LogP contribution in [-0.4, -0.2) is 64.6 Å². The van der Waals surface area contributed by atoms with Gasteiger partial charge >= 0.3 is 0 Å². The van der Waals surface area contributed by atoms with Crippen LogP contribution in [-0.2, 0) is 14.9 Å². The van der Waals surface area contributed by atoms with E-state index in [-0.39, 0.29) is 18.3 Å². The summed E-state index contributed by atoms with van der Waals surface area (Å²) in [6, 6.07) is 5.60. The zero-order valence-electron chi connectivity index (χ0n) is 19.8. The number of nitrogens with two attached hydrogens (primary N) is 1. The monoisotopic (exact) mass is 573 g/mol. The van der Waals surface area contributed by atoms with Gasteiger partial charge < -0.3 is 14.8 Å². The average Bonchev–Trinajstić information content (AvgIpc) is 3.30. The Labute approximate surface area is 225 Å². The molecule has 1 aliphatic rings. The number of halogens is 1. The Morgan fingerprint density at radius 2 is 2.06 bits per heavy atom. The molecule has 4 heterocycles. The molecular weight excluding hydrogens is 546 g/mol. The third-order valence-electron chi connectivity index (χ3n) is 5.41. The summed E-state index contributed by atoms with van der Waals surface area (Å²) in [6.45, 7) is 3.23. The van der Waals surface area contributed by atoms with Crippen molar-refractivity contribution in [3.63, 3.8) is 0 Å². The van der Waals surface area contributed by atoms with Crippen molar-refractivity contribution >= 4 is 56.9 Å². The van der Waals surface area contributed by atoms with Crippen LogP contribution in [0.4, 0.5) is 10.9 Å². The molecule has 1 fully saturated rings. The lowest BCUT2D eigenvalue weighted by Crippen LogP contribution is -2.41. The van der Waals surface area contributed by atoms with Gasteiger partial charge in [-0.1, -0.05) is 0 Å². The molecule has 0 saturated carbocycles. The number of ether oxygens (including phenoxy) is 2. The van der Waals surface area contributed by atoms with Gasteiger partial charge in [0.2, 0.25) is 5.13 Å². The van der Waals surface area contributed by atoms with Crippen LogP contribution in [0, 0.1) is 6.92 Å². The van der Waals surface area contributed by atoms with Crippen molar-refractivity contribution < 1.29 is 17.9 Å². The fourth-order valence-corrected chi connectivity index (χ4v) is 5.71. The van der Waals surface area contributed by atoms with Gasteiger partial charge in [-0.05, 0) is 38.0 Å². The molecule has 1 aliphatic heterocycles. The van der Waals surface area contributed by atoms with Crippen molar-refractivity contribution in [1.82, 2.24) is 23.6 Å². The Morgan fingerprint density at radius 3 is 2.75 bits per heavy atom. The number of anilines is 2. The highest BCUT2D eigenvalue weighted by molar-refractivity contribution is 7.99. The molecule has 3 N–H and O–H groups in total. The van der Waals surface area contributed by atoms with Crippen LogP contribution in [0.2, 0.25) is 0 Å². The number of nitrogens with zero attached hydrogens (tertiary/aromatic N) is 5. The first-order chi connectivity index (χ1) is 16.8. The first-order valence-corrected chi connectivity index (χ1v) is 14.2. The Bertz CT molecular complexity index is 1250. The summed E-state index contributed by atoms with van der Waals surface area (Å²) in [6.07, 6.45) is 4.73. The van der Waals surface area contributed by atoms with Crippen molar-refractivity contribution in [2.24, 2.45) is 5.14 Å². The van der Waals surface area contributed by atoms with Crippen molar-refractivity contribution in [2.45, 2.75) is 30.6 Å². The van der Waals surface area contributed by atoms with E-state index in [0.29, 0.717) is 60.8 Å². The van der Waals surface area contributed by atoms with E-state index in [1.807, 2.05) is 25.1 Å². The number of rotatable bonds is 10. The maximum atomic E-state index is 11.6. The van der Waals surface area contributed by atoms with Crippen LogP contribution in [0.15, 0.2) is 35.5 Å². The van der Waals surface area contributed by atoms with Gasteiger partial charge in [-0.15, -0.1) is 24.2 Å². The molecule has 36 heavy (non-hydrogen) atoms. The molecule has 0 aliphatic carbocycles. The van der Waals surface area contributed by atoms with Gasteiger partial charge in [-0.2, -0.15) is 17.1 Å². The summed E-state index contributed by atoms with van der Waals surface area (Å²) in [5.41, 5.74) is 0.764.